The van der Waals surface area contributed by atoms with E-state index in [-0.39, 0.29) is 24.3 Å². The monoisotopic (exact) mass is 354 g/mol. The molecule has 0 aliphatic carbocycles. The van der Waals surface area contributed by atoms with E-state index in [1.54, 1.807) is 6.07 Å². The lowest BCUT2D eigenvalue weighted by Crippen LogP contribution is -2.24. The molecule has 2 aromatic rings. The maximum atomic E-state index is 13.6. The number of anilines is 1. The van der Waals surface area contributed by atoms with Crippen molar-refractivity contribution in [2.75, 3.05) is 5.73 Å². The Balaban J connectivity index is 1.99. The number of esters is 1. The first-order valence-electron chi connectivity index (χ1n) is 6.01. The molecule has 0 fully saturated rings. The van der Waals surface area contributed by atoms with Crippen LogP contribution in [0.15, 0.2) is 45.8 Å². The quantitative estimate of drug-likeness (QED) is 0.853. The van der Waals surface area contributed by atoms with Crippen LogP contribution in [0.25, 0.3) is 0 Å². The average molecular weight is 355 g/mol. The number of pyridine rings is 1. The fourth-order valence-electron chi connectivity index (χ4n) is 1.66. The molecule has 21 heavy (non-hydrogen) atoms. The Morgan fingerprint density at radius 1 is 1.33 bits per heavy atom. The first kappa shape index (κ1) is 15.2. The van der Waals surface area contributed by atoms with Gasteiger partial charge < -0.3 is 15.0 Å². The van der Waals surface area contributed by atoms with E-state index >= 15 is 0 Å². The average Bonchev–Trinajstić information content (AvgIpc) is 2.42. The SMILES string of the molecule is Nc1ccc(=O)n(CC(=O)OCc2ccc(Br)cc2F)c1. The maximum absolute atomic E-state index is 13.6. The summed E-state index contributed by atoms with van der Waals surface area (Å²) in [5, 5.41) is 0. The van der Waals surface area contributed by atoms with Gasteiger partial charge in [0.2, 0.25) is 0 Å². The summed E-state index contributed by atoms with van der Waals surface area (Å²) in [6.45, 7) is -0.475. The van der Waals surface area contributed by atoms with Gasteiger partial charge in [-0.1, -0.05) is 22.0 Å². The lowest BCUT2D eigenvalue weighted by atomic mass is 10.2. The maximum Gasteiger partial charge on any atom is 0.326 e. The van der Waals surface area contributed by atoms with Gasteiger partial charge in [-0.2, -0.15) is 0 Å². The van der Waals surface area contributed by atoms with Crippen LogP contribution >= 0.6 is 15.9 Å². The molecule has 0 spiro atoms. The first-order chi connectivity index (χ1) is 9.95. The van der Waals surface area contributed by atoms with Gasteiger partial charge >= 0.3 is 5.97 Å². The van der Waals surface area contributed by atoms with Crippen LogP contribution in [0.3, 0.4) is 0 Å². The third-order valence-corrected chi connectivity index (χ3v) is 3.20. The predicted octanol–water partition coefficient (Wildman–Crippen LogP) is 2.08. The van der Waals surface area contributed by atoms with Gasteiger partial charge in [-0.3, -0.25) is 9.59 Å². The van der Waals surface area contributed by atoms with Crippen molar-refractivity contribution in [1.82, 2.24) is 4.57 Å². The zero-order valence-corrected chi connectivity index (χ0v) is 12.5. The lowest BCUT2D eigenvalue weighted by molar-refractivity contribution is -0.145. The number of nitrogens with two attached hydrogens (primary N) is 1. The van der Waals surface area contributed by atoms with E-state index < -0.39 is 11.8 Å². The summed E-state index contributed by atoms with van der Waals surface area (Å²) in [6.07, 6.45) is 1.35. The van der Waals surface area contributed by atoms with E-state index in [0.29, 0.717) is 10.2 Å². The van der Waals surface area contributed by atoms with Crippen LogP contribution in [0.4, 0.5) is 10.1 Å². The Hall–Kier alpha value is -2.15. The Labute approximate surface area is 128 Å². The minimum absolute atomic E-state index is 0.199. The van der Waals surface area contributed by atoms with E-state index in [9.17, 15) is 14.0 Å². The van der Waals surface area contributed by atoms with E-state index in [1.807, 2.05) is 0 Å². The molecule has 0 amide bonds. The largest absolute Gasteiger partial charge is 0.459 e. The number of rotatable bonds is 4. The molecular weight excluding hydrogens is 343 g/mol. The summed E-state index contributed by atoms with van der Waals surface area (Å²) in [5.41, 5.74) is 5.79. The second kappa shape index (κ2) is 6.53. The molecule has 0 aliphatic rings. The van der Waals surface area contributed by atoms with Gasteiger partial charge in [0, 0.05) is 28.0 Å². The smallest absolute Gasteiger partial charge is 0.326 e. The normalized spacial score (nSPS) is 10.4. The molecule has 7 heteroatoms. The topological polar surface area (TPSA) is 74.3 Å². The molecule has 0 bridgehead atoms. The van der Waals surface area contributed by atoms with Gasteiger partial charge in [0.05, 0.1) is 0 Å². The van der Waals surface area contributed by atoms with Crippen LogP contribution in [0, 0.1) is 5.82 Å². The minimum atomic E-state index is -0.648. The van der Waals surface area contributed by atoms with Crippen LogP contribution in [0.1, 0.15) is 5.56 Å². The van der Waals surface area contributed by atoms with Crippen molar-refractivity contribution >= 4 is 27.6 Å². The molecule has 0 aliphatic heterocycles. The number of benzene rings is 1. The number of carbonyl (C=O) groups excluding carboxylic acids is 1. The van der Waals surface area contributed by atoms with Crippen molar-refractivity contribution in [2.24, 2.45) is 0 Å². The summed E-state index contributed by atoms with van der Waals surface area (Å²) in [5.74, 6) is -1.12. The third-order valence-electron chi connectivity index (χ3n) is 2.71. The highest BCUT2D eigenvalue weighted by Gasteiger charge is 2.09. The number of nitrogen functional groups attached to an aromatic ring is 1. The number of carbonyl (C=O) groups is 1. The summed E-state index contributed by atoms with van der Waals surface area (Å²) in [6, 6.07) is 7.15. The Morgan fingerprint density at radius 3 is 2.81 bits per heavy atom. The van der Waals surface area contributed by atoms with Crippen LogP contribution < -0.4 is 11.3 Å². The highest BCUT2D eigenvalue weighted by molar-refractivity contribution is 9.10. The molecule has 2 rings (SSSR count). The highest BCUT2D eigenvalue weighted by atomic mass is 79.9. The van der Waals surface area contributed by atoms with E-state index in [1.165, 1.54) is 30.5 Å². The number of aromatic nitrogens is 1. The molecule has 0 saturated carbocycles. The van der Waals surface area contributed by atoms with Crippen molar-refractivity contribution in [3.8, 4) is 0 Å². The summed E-state index contributed by atoms with van der Waals surface area (Å²) in [4.78, 5) is 23.2. The fourth-order valence-corrected chi connectivity index (χ4v) is 1.99. The first-order valence-corrected chi connectivity index (χ1v) is 6.80. The molecule has 1 aromatic heterocycles. The van der Waals surface area contributed by atoms with Crippen molar-refractivity contribution < 1.29 is 13.9 Å². The second-order valence-electron chi connectivity index (χ2n) is 4.32. The Morgan fingerprint density at radius 2 is 2.10 bits per heavy atom. The van der Waals surface area contributed by atoms with Gasteiger partial charge in [0.1, 0.15) is 19.0 Å². The molecule has 2 N–H and O–H groups in total. The number of ether oxygens (including phenoxy) is 1. The van der Waals surface area contributed by atoms with Gasteiger partial charge in [0.25, 0.3) is 5.56 Å². The van der Waals surface area contributed by atoms with E-state index in [0.717, 1.165) is 4.57 Å². The standard InChI is InChI=1S/C14H12BrFN2O3/c15-10-2-1-9(12(16)5-10)8-21-14(20)7-18-6-11(17)3-4-13(18)19/h1-6H,7-8,17H2. The minimum Gasteiger partial charge on any atom is -0.459 e. The Kier molecular flexibility index (Phi) is 4.74. The van der Waals surface area contributed by atoms with Crippen molar-refractivity contribution in [2.45, 2.75) is 13.2 Å². The number of nitrogens with zero attached hydrogens (tertiary/aromatic N) is 1. The molecule has 0 unspecified atom stereocenters. The summed E-state index contributed by atoms with van der Waals surface area (Å²) in [7, 11) is 0. The van der Waals surface area contributed by atoms with Gasteiger partial charge in [-0.15, -0.1) is 0 Å². The molecule has 0 saturated heterocycles. The fraction of sp³-hybridized carbons (Fsp3) is 0.143. The molecule has 1 aromatic carbocycles. The number of hydrogen-bond acceptors (Lipinski definition) is 4. The van der Waals surface area contributed by atoms with Crippen LogP contribution in [0.5, 0.6) is 0 Å². The van der Waals surface area contributed by atoms with Crippen molar-refractivity contribution in [3.05, 3.63) is 62.7 Å². The third kappa shape index (κ3) is 4.16. The highest BCUT2D eigenvalue weighted by Crippen LogP contribution is 2.16. The lowest BCUT2D eigenvalue weighted by Gasteiger charge is -2.08. The van der Waals surface area contributed by atoms with Crippen LogP contribution in [-0.4, -0.2) is 10.5 Å². The van der Waals surface area contributed by atoms with E-state index in [4.69, 9.17) is 10.5 Å². The molecule has 0 atom stereocenters. The Bertz CT molecular complexity index is 730. The molecule has 110 valence electrons. The van der Waals surface area contributed by atoms with Crippen molar-refractivity contribution in [1.29, 1.82) is 0 Å². The van der Waals surface area contributed by atoms with Crippen LogP contribution in [-0.2, 0) is 22.7 Å². The molecule has 0 radical (unpaired) electrons. The molecule has 1 heterocycles. The predicted molar refractivity (Wildman–Crippen MR) is 79.0 cm³/mol. The van der Waals surface area contributed by atoms with Gasteiger partial charge in [-0.25, -0.2) is 4.39 Å². The molecular formula is C14H12BrFN2O3. The second-order valence-corrected chi connectivity index (χ2v) is 5.24. The summed E-state index contributed by atoms with van der Waals surface area (Å²) < 4.78 is 20.2. The number of halogens is 2. The molecule has 5 nitrogen and oxygen atoms in total. The van der Waals surface area contributed by atoms with Gasteiger partial charge in [0.15, 0.2) is 0 Å². The summed E-state index contributed by atoms with van der Waals surface area (Å²) >= 11 is 3.14. The zero-order valence-electron chi connectivity index (χ0n) is 10.9. The van der Waals surface area contributed by atoms with Crippen molar-refractivity contribution in [3.63, 3.8) is 0 Å². The van der Waals surface area contributed by atoms with Crippen LogP contribution in [0.2, 0.25) is 0 Å². The zero-order chi connectivity index (χ0) is 15.4. The van der Waals surface area contributed by atoms with Gasteiger partial charge in [-0.05, 0) is 18.2 Å². The number of hydrogen-bond donors (Lipinski definition) is 1. The van der Waals surface area contributed by atoms with E-state index in [2.05, 4.69) is 15.9 Å².